The molecule has 1 fully saturated rings. The van der Waals surface area contributed by atoms with Crippen LogP contribution in [0.15, 0.2) is 24.3 Å². The van der Waals surface area contributed by atoms with Crippen LogP contribution in [0.4, 0.5) is 4.39 Å². The highest BCUT2D eigenvalue weighted by Crippen LogP contribution is 2.48. The summed E-state index contributed by atoms with van der Waals surface area (Å²) in [7, 11) is 0. The largest absolute Gasteiger partial charge is 0.481 e. The van der Waals surface area contributed by atoms with Gasteiger partial charge in [-0.05, 0) is 36.0 Å². The van der Waals surface area contributed by atoms with Crippen LogP contribution in [0.1, 0.15) is 38.2 Å². The minimum Gasteiger partial charge on any atom is -0.481 e. The van der Waals surface area contributed by atoms with Gasteiger partial charge in [0.25, 0.3) is 0 Å². The molecule has 2 atom stereocenters. The third-order valence-corrected chi connectivity index (χ3v) is 3.90. The number of carbonyl (C=O) groups excluding carboxylic acids is 1. The first-order chi connectivity index (χ1) is 10.4. The normalized spacial score (nSPS) is 20.0. The molecular formula is C17H22FNO3. The van der Waals surface area contributed by atoms with Gasteiger partial charge in [0, 0.05) is 19.0 Å². The lowest BCUT2D eigenvalue weighted by Gasteiger charge is -2.24. The molecule has 1 saturated carbocycles. The average molecular weight is 307 g/mol. The first-order valence-corrected chi connectivity index (χ1v) is 7.64. The van der Waals surface area contributed by atoms with E-state index in [0.29, 0.717) is 12.5 Å². The molecule has 1 aliphatic rings. The van der Waals surface area contributed by atoms with Crippen molar-refractivity contribution >= 4 is 11.9 Å². The molecule has 5 heteroatoms. The Hall–Kier alpha value is -1.91. The maximum absolute atomic E-state index is 12.9. The predicted molar refractivity (Wildman–Crippen MR) is 80.9 cm³/mol. The quantitative estimate of drug-likeness (QED) is 0.842. The minimum absolute atomic E-state index is 0.0178. The molecule has 0 aromatic heterocycles. The van der Waals surface area contributed by atoms with Gasteiger partial charge in [-0.2, -0.15) is 0 Å². The van der Waals surface area contributed by atoms with Crippen molar-refractivity contribution in [1.82, 2.24) is 4.90 Å². The number of benzene rings is 1. The Balaban J connectivity index is 1.98. The number of rotatable bonds is 7. The minimum atomic E-state index is -0.896. The fraction of sp³-hybridized carbons (Fsp3) is 0.529. The summed E-state index contributed by atoms with van der Waals surface area (Å²) in [4.78, 5) is 25.0. The van der Waals surface area contributed by atoms with Gasteiger partial charge in [-0.1, -0.05) is 26.0 Å². The van der Waals surface area contributed by atoms with Crippen molar-refractivity contribution in [2.45, 2.75) is 32.6 Å². The molecule has 1 aromatic carbocycles. The second kappa shape index (κ2) is 6.90. The number of hydrogen-bond donors (Lipinski definition) is 1. The van der Waals surface area contributed by atoms with Gasteiger partial charge in [-0.15, -0.1) is 0 Å². The van der Waals surface area contributed by atoms with Crippen LogP contribution >= 0.6 is 0 Å². The summed E-state index contributed by atoms with van der Waals surface area (Å²) in [6.45, 7) is 4.83. The van der Waals surface area contributed by atoms with E-state index in [9.17, 15) is 14.0 Å². The Morgan fingerprint density at radius 3 is 2.50 bits per heavy atom. The van der Waals surface area contributed by atoms with Crippen molar-refractivity contribution in [3.63, 3.8) is 0 Å². The van der Waals surface area contributed by atoms with Crippen LogP contribution in [-0.2, 0) is 9.59 Å². The van der Waals surface area contributed by atoms with Gasteiger partial charge in [0.2, 0.25) is 5.91 Å². The maximum Gasteiger partial charge on any atom is 0.305 e. The Morgan fingerprint density at radius 1 is 1.32 bits per heavy atom. The van der Waals surface area contributed by atoms with E-state index >= 15 is 0 Å². The third kappa shape index (κ3) is 4.29. The summed E-state index contributed by atoms with van der Waals surface area (Å²) in [6.07, 6.45) is 0.721. The Morgan fingerprint density at radius 2 is 1.95 bits per heavy atom. The molecule has 22 heavy (non-hydrogen) atoms. The zero-order chi connectivity index (χ0) is 16.3. The van der Waals surface area contributed by atoms with Crippen LogP contribution in [-0.4, -0.2) is 35.0 Å². The fourth-order valence-electron chi connectivity index (χ4n) is 2.74. The number of hydrogen-bond acceptors (Lipinski definition) is 2. The molecule has 0 aliphatic heterocycles. The van der Waals surface area contributed by atoms with Crippen molar-refractivity contribution in [2.24, 2.45) is 11.8 Å². The van der Waals surface area contributed by atoms with E-state index < -0.39 is 5.97 Å². The SMILES string of the molecule is CC(C)CN(CCC(=O)O)C(=O)C1CC1c1ccc(F)cc1. The fourth-order valence-corrected chi connectivity index (χ4v) is 2.74. The van der Waals surface area contributed by atoms with E-state index in [-0.39, 0.29) is 36.5 Å². The number of halogens is 1. The highest BCUT2D eigenvalue weighted by Gasteiger charge is 2.45. The molecule has 2 unspecified atom stereocenters. The lowest BCUT2D eigenvalue weighted by Crippen LogP contribution is -2.37. The van der Waals surface area contributed by atoms with E-state index in [4.69, 9.17) is 5.11 Å². The molecule has 0 bridgehead atoms. The number of aliphatic carboxylic acids is 1. The summed E-state index contributed by atoms with van der Waals surface area (Å²) < 4.78 is 12.9. The molecule has 0 radical (unpaired) electrons. The molecule has 120 valence electrons. The molecular weight excluding hydrogens is 285 g/mol. The van der Waals surface area contributed by atoms with Crippen LogP contribution in [0.2, 0.25) is 0 Å². The number of amides is 1. The van der Waals surface area contributed by atoms with E-state index in [1.54, 1.807) is 17.0 Å². The lowest BCUT2D eigenvalue weighted by atomic mass is 10.1. The average Bonchev–Trinajstić information content (AvgIpc) is 3.23. The summed E-state index contributed by atoms with van der Waals surface area (Å²) >= 11 is 0. The maximum atomic E-state index is 12.9. The number of nitrogens with zero attached hydrogens (tertiary/aromatic N) is 1. The van der Waals surface area contributed by atoms with Crippen LogP contribution in [0.25, 0.3) is 0 Å². The number of carboxylic acid groups (broad SMARTS) is 1. The Labute approximate surface area is 129 Å². The molecule has 2 rings (SSSR count). The highest BCUT2D eigenvalue weighted by atomic mass is 19.1. The molecule has 0 spiro atoms. The first kappa shape index (κ1) is 16.5. The van der Waals surface area contributed by atoms with E-state index in [2.05, 4.69) is 0 Å². The van der Waals surface area contributed by atoms with Gasteiger partial charge in [-0.25, -0.2) is 4.39 Å². The summed E-state index contributed by atoms with van der Waals surface area (Å²) in [5.74, 6) is -0.835. The van der Waals surface area contributed by atoms with Gasteiger partial charge >= 0.3 is 5.97 Å². The summed E-state index contributed by atoms with van der Waals surface area (Å²) in [5.41, 5.74) is 0.975. The molecule has 1 aliphatic carbocycles. The Bertz CT molecular complexity index is 541. The molecule has 1 amide bonds. The standard InChI is InChI=1S/C17H22FNO3/c1-11(2)10-19(8-7-16(20)21)17(22)15-9-14(15)12-3-5-13(18)6-4-12/h3-6,11,14-15H,7-10H2,1-2H3,(H,20,21). The molecule has 1 N–H and O–H groups in total. The van der Waals surface area contributed by atoms with Gasteiger partial charge in [-0.3, -0.25) is 9.59 Å². The zero-order valence-electron chi connectivity index (χ0n) is 13.0. The zero-order valence-corrected chi connectivity index (χ0v) is 13.0. The highest BCUT2D eigenvalue weighted by molar-refractivity contribution is 5.83. The predicted octanol–water partition coefficient (Wildman–Crippen LogP) is 2.89. The lowest BCUT2D eigenvalue weighted by molar-refractivity contribution is -0.139. The van der Waals surface area contributed by atoms with Crippen LogP contribution in [0, 0.1) is 17.7 Å². The first-order valence-electron chi connectivity index (χ1n) is 7.64. The summed E-state index contributed by atoms with van der Waals surface area (Å²) in [5, 5.41) is 8.82. The molecule has 0 heterocycles. The van der Waals surface area contributed by atoms with Crippen molar-refractivity contribution in [1.29, 1.82) is 0 Å². The van der Waals surface area contributed by atoms with Crippen LogP contribution < -0.4 is 0 Å². The van der Waals surface area contributed by atoms with Crippen molar-refractivity contribution in [3.8, 4) is 0 Å². The van der Waals surface area contributed by atoms with Gasteiger partial charge < -0.3 is 10.0 Å². The van der Waals surface area contributed by atoms with E-state index in [0.717, 1.165) is 12.0 Å². The van der Waals surface area contributed by atoms with Gasteiger partial charge in [0.1, 0.15) is 5.82 Å². The van der Waals surface area contributed by atoms with Crippen LogP contribution in [0.3, 0.4) is 0 Å². The molecule has 0 saturated heterocycles. The monoisotopic (exact) mass is 307 g/mol. The Kier molecular flexibility index (Phi) is 5.16. The smallest absolute Gasteiger partial charge is 0.305 e. The van der Waals surface area contributed by atoms with Crippen molar-refractivity contribution < 1.29 is 19.1 Å². The number of carboxylic acids is 1. The van der Waals surface area contributed by atoms with Crippen molar-refractivity contribution in [3.05, 3.63) is 35.6 Å². The van der Waals surface area contributed by atoms with Gasteiger partial charge in [0.05, 0.1) is 6.42 Å². The molecule has 4 nitrogen and oxygen atoms in total. The third-order valence-electron chi connectivity index (χ3n) is 3.90. The number of carbonyl (C=O) groups is 2. The van der Waals surface area contributed by atoms with Crippen molar-refractivity contribution in [2.75, 3.05) is 13.1 Å². The summed E-state index contributed by atoms with van der Waals surface area (Å²) in [6, 6.07) is 6.26. The second-order valence-electron chi connectivity index (χ2n) is 6.32. The molecule has 1 aromatic rings. The van der Waals surface area contributed by atoms with E-state index in [1.165, 1.54) is 12.1 Å². The van der Waals surface area contributed by atoms with E-state index in [1.807, 2.05) is 13.8 Å². The topological polar surface area (TPSA) is 57.6 Å². The second-order valence-corrected chi connectivity index (χ2v) is 6.32. The van der Waals surface area contributed by atoms with Gasteiger partial charge in [0.15, 0.2) is 0 Å². The van der Waals surface area contributed by atoms with Crippen LogP contribution in [0.5, 0.6) is 0 Å².